The Bertz CT molecular complexity index is 743. The molecule has 25 heavy (non-hydrogen) atoms. The van der Waals surface area contributed by atoms with Crippen LogP contribution in [-0.4, -0.2) is 57.1 Å². The van der Waals surface area contributed by atoms with Crippen molar-refractivity contribution in [2.45, 2.75) is 12.5 Å². The van der Waals surface area contributed by atoms with Gasteiger partial charge in [0, 0.05) is 25.5 Å². The zero-order valence-corrected chi connectivity index (χ0v) is 15.9. The summed E-state index contributed by atoms with van der Waals surface area (Å²) in [6, 6.07) is 8.38. The summed E-state index contributed by atoms with van der Waals surface area (Å²) in [4.78, 5) is 17.4. The Hall–Kier alpha value is -2.05. The smallest absolute Gasteiger partial charge is 0.236 e. The summed E-state index contributed by atoms with van der Waals surface area (Å²) in [6.07, 6.45) is 0.887. The number of amides is 1. The van der Waals surface area contributed by atoms with Crippen molar-refractivity contribution in [3.8, 4) is 11.5 Å². The van der Waals surface area contributed by atoms with Gasteiger partial charge in [0.15, 0.2) is 11.5 Å². The first-order chi connectivity index (χ1) is 12.0. The van der Waals surface area contributed by atoms with Gasteiger partial charge >= 0.3 is 0 Å². The highest BCUT2D eigenvalue weighted by Crippen LogP contribution is 2.42. The number of carbonyl (C=O) groups excluding carboxylic acids is 1. The number of rotatable bonds is 5. The van der Waals surface area contributed by atoms with Crippen LogP contribution in [-0.2, 0) is 11.2 Å². The minimum Gasteiger partial charge on any atom is -0.493 e. The third kappa shape index (κ3) is 3.50. The molecule has 1 aromatic heterocycles. The molecule has 1 aliphatic heterocycles. The Morgan fingerprint density at radius 1 is 1.28 bits per heavy atom. The van der Waals surface area contributed by atoms with E-state index in [9.17, 15) is 4.79 Å². The summed E-state index contributed by atoms with van der Waals surface area (Å²) < 4.78 is 11.0. The van der Waals surface area contributed by atoms with Gasteiger partial charge in [-0.3, -0.25) is 9.69 Å². The summed E-state index contributed by atoms with van der Waals surface area (Å²) in [6.45, 7) is 1.24. The first-order valence-electron chi connectivity index (χ1n) is 8.27. The molecule has 1 aliphatic rings. The van der Waals surface area contributed by atoms with E-state index < -0.39 is 0 Å². The number of ether oxygens (including phenoxy) is 2. The van der Waals surface area contributed by atoms with E-state index >= 15 is 0 Å². The van der Waals surface area contributed by atoms with Gasteiger partial charge in [0.25, 0.3) is 0 Å². The molecule has 0 aliphatic carbocycles. The van der Waals surface area contributed by atoms with Crippen molar-refractivity contribution in [2.24, 2.45) is 0 Å². The van der Waals surface area contributed by atoms with Crippen LogP contribution in [0.25, 0.3) is 0 Å². The van der Waals surface area contributed by atoms with E-state index in [0.29, 0.717) is 6.54 Å². The predicted octanol–water partition coefficient (Wildman–Crippen LogP) is 2.80. The number of fused-ring (bicyclic) bond motifs is 1. The normalized spacial score (nSPS) is 17.0. The molecule has 134 valence electrons. The van der Waals surface area contributed by atoms with Crippen LogP contribution in [0.2, 0.25) is 0 Å². The third-order valence-corrected chi connectivity index (χ3v) is 5.55. The van der Waals surface area contributed by atoms with Crippen LogP contribution in [0.15, 0.2) is 29.6 Å². The molecule has 0 saturated carbocycles. The maximum Gasteiger partial charge on any atom is 0.236 e. The molecular weight excluding hydrogens is 336 g/mol. The average Bonchev–Trinajstić information content (AvgIpc) is 3.14. The van der Waals surface area contributed by atoms with Crippen molar-refractivity contribution in [1.82, 2.24) is 9.80 Å². The van der Waals surface area contributed by atoms with Crippen LogP contribution in [0.1, 0.15) is 22.0 Å². The highest BCUT2D eigenvalue weighted by atomic mass is 32.1. The van der Waals surface area contributed by atoms with Crippen molar-refractivity contribution in [1.29, 1.82) is 0 Å². The third-order valence-electron chi connectivity index (χ3n) is 4.62. The van der Waals surface area contributed by atoms with Crippen LogP contribution in [0, 0.1) is 0 Å². The molecule has 0 fully saturated rings. The van der Waals surface area contributed by atoms with Crippen molar-refractivity contribution in [2.75, 3.05) is 41.4 Å². The van der Waals surface area contributed by atoms with E-state index in [0.717, 1.165) is 24.5 Å². The number of thiophene rings is 1. The van der Waals surface area contributed by atoms with Gasteiger partial charge in [-0.1, -0.05) is 6.07 Å². The second-order valence-corrected chi connectivity index (χ2v) is 7.31. The van der Waals surface area contributed by atoms with Gasteiger partial charge < -0.3 is 14.4 Å². The molecule has 0 N–H and O–H groups in total. The number of nitrogens with zero attached hydrogens (tertiary/aromatic N) is 2. The van der Waals surface area contributed by atoms with E-state index in [4.69, 9.17) is 9.47 Å². The topological polar surface area (TPSA) is 42.0 Å². The average molecular weight is 360 g/mol. The molecule has 0 saturated heterocycles. The Morgan fingerprint density at radius 3 is 2.60 bits per heavy atom. The fourth-order valence-electron chi connectivity index (χ4n) is 3.26. The number of hydrogen-bond donors (Lipinski definition) is 0. The second-order valence-electron chi connectivity index (χ2n) is 6.33. The number of hydrogen-bond acceptors (Lipinski definition) is 5. The van der Waals surface area contributed by atoms with Crippen molar-refractivity contribution < 1.29 is 14.3 Å². The van der Waals surface area contributed by atoms with Gasteiger partial charge in [0.1, 0.15) is 0 Å². The summed E-state index contributed by atoms with van der Waals surface area (Å²) in [7, 11) is 6.91. The van der Waals surface area contributed by atoms with Crippen LogP contribution >= 0.6 is 11.3 Å². The first kappa shape index (κ1) is 17.8. The van der Waals surface area contributed by atoms with Crippen molar-refractivity contribution in [3.05, 3.63) is 45.6 Å². The minimum absolute atomic E-state index is 0.0625. The molecule has 0 spiro atoms. The summed E-state index contributed by atoms with van der Waals surface area (Å²) in [5.74, 6) is 1.60. The highest BCUT2D eigenvalue weighted by molar-refractivity contribution is 7.10. The van der Waals surface area contributed by atoms with Crippen LogP contribution in [0.3, 0.4) is 0 Å². The van der Waals surface area contributed by atoms with Crippen LogP contribution < -0.4 is 9.47 Å². The number of likely N-dealkylation sites (N-methyl/N-ethyl adjacent to an activating group) is 1. The minimum atomic E-state index is 0.0625. The van der Waals surface area contributed by atoms with Crippen LogP contribution in [0.4, 0.5) is 0 Å². The molecule has 0 unspecified atom stereocenters. The van der Waals surface area contributed by atoms with Gasteiger partial charge in [-0.05, 0) is 41.1 Å². The molecular formula is C19H24N2O3S. The fourth-order valence-corrected chi connectivity index (χ4v) is 4.14. The highest BCUT2D eigenvalue weighted by Gasteiger charge is 2.32. The Morgan fingerprint density at radius 2 is 2.00 bits per heavy atom. The molecule has 0 radical (unpaired) electrons. The van der Waals surface area contributed by atoms with E-state index in [-0.39, 0.29) is 11.9 Å². The second kappa shape index (κ2) is 7.45. The molecule has 6 heteroatoms. The van der Waals surface area contributed by atoms with E-state index in [1.807, 2.05) is 0 Å². The lowest BCUT2D eigenvalue weighted by molar-refractivity contribution is -0.130. The zero-order valence-electron chi connectivity index (χ0n) is 15.1. The van der Waals surface area contributed by atoms with Gasteiger partial charge in [0.05, 0.1) is 26.8 Å². The first-order valence-corrected chi connectivity index (χ1v) is 9.15. The van der Waals surface area contributed by atoms with E-state index in [1.165, 1.54) is 16.0 Å². The number of methoxy groups -OCH3 is 2. The fraction of sp³-hybridized carbons (Fsp3) is 0.421. The number of benzene rings is 1. The van der Waals surface area contributed by atoms with E-state index in [2.05, 4.69) is 34.5 Å². The van der Waals surface area contributed by atoms with Gasteiger partial charge in [0.2, 0.25) is 5.91 Å². The van der Waals surface area contributed by atoms with Crippen LogP contribution in [0.5, 0.6) is 11.5 Å². The maximum absolute atomic E-state index is 12.3. The van der Waals surface area contributed by atoms with Crippen molar-refractivity contribution in [3.63, 3.8) is 0 Å². The van der Waals surface area contributed by atoms with E-state index in [1.54, 1.807) is 44.6 Å². The Balaban J connectivity index is 2.04. The lowest BCUT2D eigenvalue weighted by Gasteiger charge is -2.37. The molecule has 1 aromatic carbocycles. The monoisotopic (exact) mass is 360 g/mol. The lowest BCUT2D eigenvalue weighted by Crippen LogP contribution is -2.42. The Labute approximate surface area is 152 Å². The zero-order chi connectivity index (χ0) is 18.0. The van der Waals surface area contributed by atoms with Gasteiger partial charge in [-0.15, -0.1) is 11.3 Å². The summed E-state index contributed by atoms with van der Waals surface area (Å²) in [5, 5.41) is 2.08. The maximum atomic E-state index is 12.3. The standard InChI is InChI=1S/C19H24N2O3S/c1-20(2)18(22)12-21-8-7-13-10-15(23-3)16(24-4)11-14(13)19(21)17-6-5-9-25-17/h5-6,9-11,19H,7-8,12H2,1-4H3/t19-/m0/s1. The molecule has 0 bridgehead atoms. The van der Waals surface area contributed by atoms with Crippen molar-refractivity contribution >= 4 is 17.2 Å². The molecule has 2 aromatic rings. The summed E-state index contributed by atoms with van der Waals surface area (Å²) >= 11 is 1.72. The molecule has 5 nitrogen and oxygen atoms in total. The van der Waals surface area contributed by atoms with Gasteiger partial charge in [-0.25, -0.2) is 0 Å². The molecule has 1 amide bonds. The molecule has 2 heterocycles. The Kier molecular flexibility index (Phi) is 5.30. The van der Waals surface area contributed by atoms with Gasteiger partial charge in [-0.2, -0.15) is 0 Å². The summed E-state index contributed by atoms with van der Waals surface area (Å²) in [5.41, 5.74) is 2.45. The molecule has 3 rings (SSSR count). The molecule has 1 atom stereocenters. The largest absolute Gasteiger partial charge is 0.493 e. The SMILES string of the molecule is COc1cc2c(cc1OC)[C@@H](c1cccs1)N(CC(=O)N(C)C)CC2. The quantitative estimate of drug-likeness (QED) is 0.822. The lowest BCUT2D eigenvalue weighted by atomic mass is 9.91. The number of carbonyl (C=O) groups is 1. The predicted molar refractivity (Wildman–Crippen MR) is 99.7 cm³/mol.